The minimum atomic E-state index is -0.378. The number of nitrogens with zero attached hydrogens (tertiary/aromatic N) is 2. The molecule has 0 radical (unpaired) electrons. The largest absolute Gasteiger partial charge is 0.369 e. The van der Waals surface area contributed by atoms with Crippen molar-refractivity contribution in [1.29, 1.82) is 0 Å². The zero-order valence-corrected chi connectivity index (χ0v) is 17.0. The number of hydrogen-bond donors (Lipinski definition) is 2. The standard InChI is InChI=1S/C22H27FN4O2/c1-15(24-22(29)17-5-4-6-19(13-17)25-16(2)28)20-14-18(23)7-8-21(20)27-11-9-26(3)10-12-27/h4-8,13-15H,9-12H2,1-3H3,(H,24,29)(H,25,28). The second kappa shape index (κ2) is 9.05. The number of likely N-dealkylation sites (N-methyl/N-ethyl adjacent to an activating group) is 1. The zero-order valence-electron chi connectivity index (χ0n) is 17.0. The van der Waals surface area contributed by atoms with Crippen LogP contribution in [-0.2, 0) is 4.79 Å². The van der Waals surface area contributed by atoms with Gasteiger partial charge in [-0.3, -0.25) is 9.59 Å². The van der Waals surface area contributed by atoms with Crippen LogP contribution >= 0.6 is 0 Å². The van der Waals surface area contributed by atoms with Crippen LogP contribution in [0.2, 0.25) is 0 Å². The lowest BCUT2D eigenvalue weighted by Gasteiger charge is -2.36. The molecule has 0 aliphatic carbocycles. The Balaban J connectivity index is 1.78. The van der Waals surface area contributed by atoms with Crippen LogP contribution in [-0.4, -0.2) is 49.9 Å². The number of carbonyl (C=O) groups is 2. The lowest BCUT2D eigenvalue weighted by molar-refractivity contribution is -0.114. The van der Waals surface area contributed by atoms with Crippen LogP contribution in [0.15, 0.2) is 42.5 Å². The van der Waals surface area contributed by atoms with Crippen LogP contribution in [0.25, 0.3) is 0 Å². The molecule has 1 fully saturated rings. The molecule has 2 amide bonds. The van der Waals surface area contributed by atoms with E-state index in [2.05, 4.69) is 27.5 Å². The number of carbonyl (C=O) groups excluding carboxylic acids is 2. The van der Waals surface area contributed by atoms with Gasteiger partial charge in [-0.05, 0) is 50.4 Å². The highest BCUT2D eigenvalue weighted by Crippen LogP contribution is 2.28. The Labute approximate surface area is 170 Å². The average Bonchev–Trinajstić information content (AvgIpc) is 2.68. The van der Waals surface area contributed by atoms with Crippen LogP contribution in [0.1, 0.15) is 35.8 Å². The van der Waals surface area contributed by atoms with Crippen LogP contribution in [0, 0.1) is 5.82 Å². The number of piperazine rings is 1. The first kappa shape index (κ1) is 20.8. The highest BCUT2D eigenvalue weighted by atomic mass is 19.1. The molecule has 1 atom stereocenters. The molecule has 1 unspecified atom stereocenters. The monoisotopic (exact) mass is 398 g/mol. The van der Waals surface area contributed by atoms with E-state index in [1.807, 2.05) is 6.92 Å². The van der Waals surface area contributed by atoms with Crippen molar-refractivity contribution in [2.24, 2.45) is 0 Å². The molecule has 3 rings (SSSR count). The lowest BCUT2D eigenvalue weighted by Crippen LogP contribution is -2.45. The molecule has 0 aromatic heterocycles. The predicted octanol–water partition coefficient (Wildman–Crippen LogP) is 3.03. The van der Waals surface area contributed by atoms with Gasteiger partial charge in [0.1, 0.15) is 5.82 Å². The molecular formula is C22H27FN4O2. The Morgan fingerprint density at radius 3 is 2.48 bits per heavy atom. The third-order valence-electron chi connectivity index (χ3n) is 5.09. The Morgan fingerprint density at radius 2 is 1.79 bits per heavy atom. The van der Waals surface area contributed by atoms with Gasteiger partial charge in [-0.15, -0.1) is 0 Å². The predicted molar refractivity (Wildman–Crippen MR) is 113 cm³/mol. The molecule has 0 spiro atoms. The molecule has 0 saturated carbocycles. The number of nitrogens with one attached hydrogen (secondary N) is 2. The summed E-state index contributed by atoms with van der Waals surface area (Å²) in [6, 6.07) is 11.1. The summed E-state index contributed by atoms with van der Waals surface area (Å²) in [5.74, 6) is -0.808. The van der Waals surface area contributed by atoms with Gasteiger partial charge in [0.25, 0.3) is 5.91 Å². The highest BCUT2D eigenvalue weighted by Gasteiger charge is 2.21. The Morgan fingerprint density at radius 1 is 1.07 bits per heavy atom. The van der Waals surface area contributed by atoms with Gasteiger partial charge in [0.2, 0.25) is 5.91 Å². The first-order valence-electron chi connectivity index (χ1n) is 9.75. The molecule has 2 aromatic rings. The third kappa shape index (κ3) is 5.32. The molecule has 0 bridgehead atoms. The van der Waals surface area contributed by atoms with Crippen LogP contribution in [0.3, 0.4) is 0 Å². The first-order chi connectivity index (χ1) is 13.8. The molecule has 2 aromatic carbocycles. The van der Waals surface area contributed by atoms with Gasteiger partial charge in [0.15, 0.2) is 0 Å². The van der Waals surface area contributed by atoms with Crippen molar-refractivity contribution < 1.29 is 14.0 Å². The van der Waals surface area contributed by atoms with Gasteiger partial charge in [0, 0.05) is 55.6 Å². The van der Waals surface area contributed by atoms with Crippen molar-refractivity contribution in [1.82, 2.24) is 10.2 Å². The fourth-order valence-corrected chi connectivity index (χ4v) is 3.51. The summed E-state index contributed by atoms with van der Waals surface area (Å²) >= 11 is 0. The number of rotatable bonds is 5. The van der Waals surface area contributed by atoms with Crippen molar-refractivity contribution in [2.45, 2.75) is 19.9 Å². The maximum atomic E-state index is 14.0. The fraction of sp³-hybridized carbons (Fsp3) is 0.364. The second-order valence-electron chi connectivity index (χ2n) is 7.45. The summed E-state index contributed by atoms with van der Waals surface area (Å²) in [5.41, 5.74) is 2.68. The van der Waals surface area contributed by atoms with E-state index >= 15 is 0 Å². The van der Waals surface area contributed by atoms with E-state index in [9.17, 15) is 14.0 Å². The van der Waals surface area contributed by atoms with Crippen molar-refractivity contribution in [2.75, 3.05) is 43.4 Å². The van der Waals surface area contributed by atoms with Gasteiger partial charge >= 0.3 is 0 Å². The summed E-state index contributed by atoms with van der Waals surface area (Å²) in [5, 5.41) is 5.62. The van der Waals surface area contributed by atoms with E-state index in [4.69, 9.17) is 0 Å². The molecule has 1 aliphatic heterocycles. The summed E-state index contributed by atoms with van der Waals surface area (Å²) in [6.07, 6.45) is 0. The lowest BCUT2D eigenvalue weighted by atomic mass is 10.0. The van der Waals surface area contributed by atoms with E-state index in [-0.39, 0.29) is 23.7 Å². The Bertz CT molecular complexity index is 894. The molecule has 1 saturated heterocycles. The summed E-state index contributed by atoms with van der Waals surface area (Å²) in [6.45, 7) is 6.85. The number of amides is 2. The molecule has 1 aliphatic rings. The Hall–Kier alpha value is -2.93. The van der Waals surface area contributed by atoms with Crippen molar-refractivity contribution in [3.63, 3.8) is 0 Å². The van der Waals surface area contributed by atoms with Crippen molar-refractivity contribution >= 4 is 23.2 Å². The molecule has 154 valence electrons. The maximum absolute atomic E-state index is 14.0. The van der Waals surface area contributed by atoms with Gasteiger partial charge in [-0.25, -0.2) is 4.39 Å². The summed E-state index contributed by atoms with van der Waals surface area (Å²) in [4.78, 5) is 28.5. The topological polar surface area (TPSA) is 64.7 Å². The minimum absolute atomic E-state index is 0.201. The van der Waals surface area contributed by atoms with Crippen molar-refractivity contribution in [3.8, 4) is 0 Å². The summed E-state index contributed by atoms with van der Waals surface area (Å²) in [7, 11) is 2.08. The van der Waals surface area contributed by atoms with Gasteiger partial charge in [-0.1, -0.05) is 6.07 Å². The van der Waals surface area contributed by atoms with Gasteiger partial charge < -0.3 is 20.4 Å². The molecule has 6 nitrogen and oxygen atoms in total. The van der Waals surface area contributed by atoms with Crippen LogP contribution in [0.4, 0.5) is 15.8 Å². The minimum Gasteiger partial charge on any atom is -0.369 e. The summed E-state index contributed by atoms with van der Waals surface area (Å²) < 4.78 is 14.0. The highest BCUT2D eigenvalue weighted by molar-refractivity contribution is 5.97. The van der Waals surface area contributed by atoms with E-state index in [1.54, 1.807) is 30.3 Å². The normalized spacial score (nSPS) is 15.7. The zero-order chi connectivity index (χ0) is 21.0. The number of benzene rings is 2. The van der Waals surface area contributed by atoms with Crippen LogP contribution < -0.4 is 15.5 Å². The molecular weight excluding hydrogens is 371 g/mol. The first-order valence-corrected chi connectivity index (χ1v) is 9.75. The third-order valence-corrected chi connectivity index (χ3v) is 5.09. The smallest absolute Gasteiger partial charge is 0.251 e. The van der Waals surface area contributed by atoms with Crippen LogP contribution in [0.5, 0.6) is 0 Å². The average molecular weight is 398 g/mol. The molecule has 2 N–H and O–H groups in total. The number of anilines is 2. The SMILES string of the molecule is CC(=O)Nc1cccc(C(=O)NC(C)c2cc(F)ccc2N2CCN(C)CC2)c1. The molecule has 1 heterocycles. The van der Waals surface area contributed by atoms with E-state index < -0.39 is 0 Å². The quantitative estimate of drug-likeness (QED) is 0.813. The maximum Gasteiger partial charge on any atom is 0.251 e. The second-order valence-corrected chi connectivity index (χ2v) is 7.45. The van der Waals surface area contributed by atoms with E-state index in [0.29, 0.717) is 11.3 Å². The fourth-order valence-electron chi connectivity index (χ4n) is 3.51. The van der Waals surface area contributed by atoms with E-state index in [1.165, 1.54) is 19.1 Å². The van der Waals surface area contributed by atoms with Gasteiger partial charge in [-0.2, -0.15) is 0 Å². The van der Waals surface area contributed by atoms with E-state index in [0.717, 1.165) is 37.4 Å². The molecule has 7 heteroatoms. The Kier molecular flexibility index (Phi) is 6.49. The number of halogens is 1. The van der Waals surface area contributed by atoms with Crippen molar-refractivity contribution in [3.05, 3.63) is 59.4 Å². The van der Waals surface area contributed by atoms with Gasteiger partial charge in [0.05, 0.1) is 6.04 Å². The number of hydrogen-bond acceptors (Lipinski definition) is 4. The molecule has 29 heavy (non-hydrogen) atoms.